The van der Waals surface area contributed by atoms with Crippen LogP contribution in [0.1, 0.15) is 24.2 Å². The lowest BCUT2D eigenvalue weighted by Crippen LogP contribution is -2.14. The normalized spacial score (nSPS) is 10.2. The van der Waals surface area contributed by atoms with Gasteiger partial charge in [0.15, 0.2) is 11.5 Å². The van der Waals surface area contributed by atoms with E-state index in [0.29, 0.717) is 36.0 Å². The number of carbonyl (C=O) groups excluding carboxylic acids is 1. The zero-order valence-corrected chi connectivity index (χ0v) is 14.6. The largest absolute Gasteiger partial charge is 0.490 e. The molecule has 0 fully saturated rings. The summed E-state index contributed by atoms with van der Waals surface area (Å²) in [5, 5.41) is 2.90. The van der Waals surface area contributed by atoms with Crippen LogP contribution in [-0.2, 0) is 0 Å². The van der Waals surface area contributed by atoms with Crippen molar-refractivity contribution in [3.63, 3.8) is 0 Å². The Morgan fingerprint density at radius 1 is 1.00 bits per heavy atom. The van der Waals surface area contributed by atoms with Crippen molar-refractivity contribution in [2.75, 3.05) is 37.5 Å². The van der Waals surface area contributed by atoms with Gasteiger partial charge in [0.1, 0.15) is 0 Å². The molecule has 0 saturated carbocycles. The van der Waals surface area contributed by atoms with Crippen molar-refractivity contribution in [3.05, 3.63) is 48.0 Å². The third kappa shape index (κ3) is 4.41. The van der Waals surface area contributed by atoms with E-state index in [0.717, 1.165) is 5.69 Å². The summed E-state index contributed by atoms with van der Waals surface area (Å²) in [4.78, 5) is 14.4. The predicted molar refractivity (Wildman–Crippen MR) is 97.5 cm³/mol. The highest BCUT2D eigenvalue weighted by Gasteiger charge is 2.11. The fourth-order valence-corrected chi connectivity index (χ4v) is 2.26. The number of hydrogen-bond acceptors (Lipinski definition) is 4. The molecule has 0 aliphatic heterocycles. The zero-order chi connectivity index (χ0) is 17.5. The third-order valence-corrected chi connectivity index (χ3v) is 3.43. The summed E-state index contributed by atoms with van der Waals surface area (Å²) in [5.41, 5.74) is 2.25. The van der Waals surface area contributed by atoms with Crippen molar-refractivity contribution in [3.8, 4) is 11.5 Å². The molecule has 0 unspecified atom stereocenters. The Kier molecular flexibility index (Phi) is 6.07. The third-order valence-electron chi connectivity index (χ3n) is 3.43. The van der Waals surface area contributed by atoms with E-state index < -0.39 is 0 Å². The number of ether oxygens (including phenoxy) is 2. The number of nitrogens with zero attached hydrogens (tertiary/aromatic N) is 1. The Balaban J connectivity index is 2.19. The van der Waals surface area contributed by atoms with Gasteiger partial charge in [-0.2, -0.15) is 0 Å². The number of anilines is 2. The highest BCUT2D eigenvalue weighted by Crippen LogP contribution is 2.30. The molecule has 0 saturated heterocycles. The molecule has 0 aliphatic carbocycles. The van der Waals surface area contributed by atoms with Crippen LogP contribution in [0.25, 0.3) is 0 Å². The highest BCUT2D eigenvalue weighted by molar-refractivity contribution is 6.05. The highest BCUT2D eigenvalue weighted by atomic mass is 16.5. The standard InChI is InChI=1S/C19H24N2O3/c1-5-23-17-11-10-15(13-18(17)24-6-2)20-19(22)14-8-7-9-16(12-14)21(3)4/h7-13H,5-6H2,1-4H3,(H,20,22). The maximum Gasteiger partial charge on any atom is 0.255 e. The van der Waals surface area contributed by atoms with Crippen molar-refractivity contribution < 1.29 is 14.3 Å². The van der Waals surface area contributed by atoms with Crippen LogP contribution in [0.4, 0.5) is 11.4 Å². The van der Waals surface area contributed by atoms with E-state index in [1.165, 1.54) is 0 Å². The maximum atomic E-state index is 12.5. The second kappa shape index (κ2) is 8.24. The number of amides is 1. The topological polar surface area (TPSA) is 50.8 Å². The smallest absolute Gasteiger partial charge is 0.255 e. The first-order chi connectivity index (χ1) is 11.5. The van der Waals surface area contributed by atoms with E-state index in [2.05, 4.69) is 5.32 Å². The molecule has 128 valence electrons. The molecule has 0 aliphatic rings. The van der Waals surface area contributed by atoms with Crippen LogP contribution in [0.5, 0.6) is 11.5 Å². The minimum atomic E-state index is -0.162. The summed E-state index contributed by atoms with van der Waals surface area (Å²) in [6.45, 7) is 4.92. The van der Waals surface area contributed by atoms with Gasteiger partial charge < -0.3 is 19.7 Å². The molecule has 1 amide bonds. The molecule has 5 nitrogen and oxygen atoms in total. The SMILES string of the molecule is CCOc1ccc(NC(=O)c2cccc(N(C)C)c2)cc1OCC. The summed E-state index contributed by atoms with van der Waals surface area (Å²) < 4.78 is 11.1. The van der Waals surface area contributed by atoms with E-state index in [1.54, 1.807) is 24.3 Å². The predicted octanol–water partition coefficient (Wildman–Crippen LogP) is 3.80. The van der Waals surface area contributed by atoms with E-state index in [9.17, 15) is 4.79 Å². The van der Waals surface area contributed by atoms with Crippen LogP contribution >= 0.6 is 0 Å². The van der Waals surface area contributed by atoms with Crippen LogP contribution in [0.2, 0.25) is 0 Å². The molecule has 1 N–H and O–H groups in total. The maximum absolute atomic E-state index is 12.5. The van der Waals surface area contributed by atoms with Crippen molar-refractivity contribution in [2.45, 2.75) is 13.8 Å². The van der Waals surface area contributed by atoms with Crippen molar-refractivity contribution in [1.29, 1.82) is 0 Å². The molecular weight excluding hydrogens is 304 g/mol. The molecule has 0 atom stereocenters. The summed E-state index contributed by atoms with van der Waals surface area (Å²) in [6.07, 6.45) is 0. The first-order valence-electron chi connectivity index (χ1n) is 8.03. The lowest BCUT2D eigenvalue weighted by atomic mass is 10.1. The van der Waals surface area contributed by atoms with Crippen LogP contribution < -0.4 is 19.7 Å². The first kappa shape index (κ1) is 17.7. The summed E-state index contributed by atoms with van der Waals surface area (Å²) in [5.74, 6) is 1.14. The van der Waals surface area contributed by atoms with E-state index >= 15 is 0 Å². The second-order valence-electron chi connectivity index (χ2n) is 5.43. The van der Waals surface area contributed by atoms with Gasteiger partial charge in [0.25, 0.3) is 5.91 Å². The monoisotopic (exact) mass is 328 g/mol. The van der Waals surface area contributed by atoms with Crippen LogP contribution in [0, 0.1) is 0 Å². The first-order valence-corrected chi connectivity index (χ1v) is 8.03. The molecule has 2 aromatic carbocycles. The Bertz CT molecular complexity index is 699. The number of benzene rings is 2. The van der Waals surface area contributed by atoms with E-state index in [4.69, 9.17) is 9.47 Å². The van der Waals surface area contributed by atoms with Gasteiger partial charge in [0, 0.05) is 37.1 Å². The molecule has 2 rings (SSSR count). The molecule has 0 radical (unpaired) electrons. The van der Waals surface area contributed by atoms with Gasteiger partial charge in [-0.05, 0) is 44.2 Å². The molecule has 24 heavy (non-hydrogen) atoms. The Hall–Kier alpha value is -2.69. The fraction of sp³-hybridized carbons (Fsp3) is 0.316. The zero-order valence-electron chi connectivity index (χ0n) is 14.6. The fourth-order valence-electron chi connectivity index (χ4n) is 2.26. The van der Waals surface area contributed by atoms with Crippen molar-refractivity contribution >= 4 is 17.3 Å². The Morgan fingerprint density at radius 3 is 2.38 bits per heavy atom. The van der Waals surface area contributed by atoms with Crippen LogP contribution in [-0.4, -0.2) is 33.2 Å². The van der Waals surface area contributed by atoms with Gasteiger partial charge in [-0.25, -0.2) is 0 Å². The average Bonchev–Trinajstić information content (AvgIpc) is 2.57. The second-order valence-corrected chi connectivity index (χ2v) is 5.43. The quantitative estimate of drug-likeness (QED) is 0.840. The molecule has 2 aromatic rings. The van der Waals surface area contributed by atoms with Gasteiger partial charge in [0.2, 0.25) is 0 Å². The van der Waals surface area contributed by atoms with Crippen LogP contribution in [0.3, 0.4) is 0 Å². The Labute approximate surface area is 143 Å². The number of hydrogen-bond donors (Lipinski definition) is 1. The summed E-state index contributed by atoms with van der Waals surface area (Å²) >= 11 is 0. The minimum Gasteiger partial charge on any atom is -0.490 e. The molecule has 0 spiro atoms. The van der Waals surface area contributed by atoms with Crippen LogP contribution in [0.15, 0.2) is 42.5 Å². The Morgan fingerprint density at radius 2 is 1.71 bits per heavy atom. The van der Waals surface area contributed by atoms with E-state index in [1.807, 2.05) is 51.0 Å². The lowest BCUT2D eigenvalue weighted by Gasteiger charge is -2.15. The van der Waals surface area contributed by atoms with E-state index in [-0.39, 0.29) is 5.91 Å². The number of carbonyl (C=O) groups is 1. The van der Waals surface area contributed by atoms with Gasteiger partial charge in [-0.1, -0.05) is 6.07 Å². The molecule has 0 heterocycles. The van der Waals surface area contributed by atoms with Gasteiger partial charge in [0.05, 0.1) is 13.2 Å². The van der Waals surface area contributed by atoms with Crippen molar-refractivity contribution in [1.82, 2.24) is 0 Å². The molecule has 5 heteroatoms. The van der Waals surface area contributed by atoms with Gasteiger partial charge in [-0.15, -0.1) is 0 Å². The minimum absolute atomic E-state index is 0.162. The van der Waals surface area contributed by atoms with Gasteiger partial charge in [-0.3, -0.25) is 4.79 Å². The van der Waals surface area contributed by atoms with Crippen molar-refractivity contribution in [2.24, 2.45) is 0 Å². The molecule has 0 bridgehead atoms. The molecule has 0 aromatic heterocycles. The lowest BCUT2D eigenvalue weighted by molar-refractivity contribution is 0.102. The number of rotatable bonds is 7. The summed E-state index contributed by atoms with van der Waals surface area (Å²) in [7, 11) is 3.88. The number of nitrogens with one attached hydrogen (secondary N) is 1. The summed E-state index contributed by atoms with van der Waals surface area (Å²) in [6, 6.07) is 12.9. The molecular formula is C19H24N2O3. The average molecular weight is 328 g/mol. The van der Waals surface area contributed by atoms with Gasteiger partial charge >= 0.3 is 0 Å².